The molecule has 1 rings (SSSR count). The second kappa shape index (κ2) is 10.1. The smallest absolute Gasteiger partial charge is 0.303 e. The number of carbonyl (C=O) groups is 3. The van der Waals surface area contributed by atoms with E-state index < -0.39 is 48.6 Å². The third kappa shape index (κ3) is 6.45. The number of methoxy groups -OCH3 is 1. The van der Waals surface area contributed by atoms with Crippen molar-refractivity contribution in [3.8, 4) is 0 Å². The van der Waals surface area contributed by atoms with Gasteiger partial charge in [-0.3, -0.25) is 14.4 Å². The van der Waals surface area contributed by atoms with Crippen molar-refractivity contribution in [3.63, 3.8) is 0 Å². The van der Waals surface area contributed by atoms with E-state index in [9.17, 15) is 14.4 Å². The Hall–Kier alpha value is -1.97. The Labute approximate surface area is 146 Å². The molecule has 0 aliphatic carbocycles. The first-order valence-corrected chi connectivity index (χ1v) is 7.68. The number of hydrogen-bond acceptors (Lipinski definition) is 9. The summed E-state index contributed by atoms with van der Waals surface area (Å²) in [5, 5.41) is 0. The van der Waals surface area contributed by atoms with Crippen molar-refractivity contribution in [1.82, 2.24) is 0 Å². The van der Waals surface area contributed by atoms with Gasteiger partial charge in [0.05, 0.1) is 6.61 Å². The molecule has 142 valence electrons. The lowest BCUT2D eigenvalue weighted by molar-refractivity contribution is -0.305. The van der Waals surface area contributed by atoms with Crippen molar-refractivity contribution < 1.29 is 42.8 Å². The molecule has 9 nitrogen and oxygen atoms in total. The minimum Gasteiger partial charge on any atom is -0.463 e. The van der Waals surface area contributed by atoms with E-state index in [-0.39, 0.29) is 13.2 Å². The lowest BCUT2D eigenvalue weighted by Crippen LogP contribution is -2.62. The molecular formula is C16H24O9. The van der Waals surface area contributed by atoms with Gasteiger partial charge >= 0.3 is 17.9 Å². The van der Waals surface area contributed by atoms with E-state index in [1.807, 2.05) is 0 Å². The maximum absolute atomic E-state index is 11.5. The minimum atomic E-state index is -0.994. The molecule has 1 aliphatic heterocycles. The van der Waals surface area contributed by atoms with Crippen LogP contribution in [0.3, 0.4) is 0 Å². The molecular weight excluding hydrogens is 336 g/mol. The van der Waals surface area contributed by atoms with Gasteiger partial charge in [0.1, 0.15) is 18.8 Å². The quantitative estimate of drug-likeness (QED) is 0.344. The van der Waals surface area contributed by atoms with Crippen LogP contribution in [0.25, 0.3) is 0 Å². The Morgan fingerprint density at radius 3 is 2.08 bits per heavy atom. The predicted molar refractivity (Wildman–Crippen MR) is 83.3 cm³/mol. The third-order valence-corrected chi connectivity index (χ3v) is 3.28. The van der Waals surface area contributed by atoms with Crippen LogP contribution in [0.15, 0.2) is 12.7 Å². The topological polar surface area (TPSA) is 107 Å². The van der Waals surface area contributed by atoms with E-state index in [0.29, 0.717) is 0 Å². The second-order valence-corrected chi connectivity index (χ2v) is 5.32. The van der Waals surface area contributed by atoms with Gasteiger partial charge in [0.25, 0.3) is 0 Å². The second-order valence-electron chi connectivity index (χ2n) is 5.32. The number of esters is 3. The van der Waals surface area contributed by atoms with Gasteiger partial charge in [-0.1, -0.05) is 6.08 Å². The van der Waals surface area contributed by atoms with Crippen molar-refractivity contribution in [2.75, 3.05) is 20.3 Å². The first-order chi connectivity index (χ1) is 11.8. The fraction of sp³-hybridized carbons (Fsp3) is 0.688. The van der Waals surface area contributed by atoms with Crippen LogP contribution in [0.2, 0.25) is 0 Å². The third-order valence-electron chi connectivity index (χ3n) is 3.28. The van der Waals surface area contributed by atoms with Crippen molar-refractivity contribution in [2.24, 2.45) is 0 Å². The molecule has 1 heterocycles. The van der Waals surface area contributed by atoms with Gasteiger partial charge in [-0.25, -0.2) is 0 Å². The van der Waals surface area contributed by atoms with Gasteiger partial charge in [-0.15, -0.1) is 6.58 Å². The summed E-state index contributed by atoms with van der Waals surface area (Å²) in [7, 11) is 1.36. The molecule has 0 N–H and O–H groups in total. The zero-order valence-electron chi connectivity index (χ0n) is 14.8. The van der Waals surface area contributed by atoms with Gasteiger partial charge in [0.2, 0.25) is 0 Å². The molecule has 0 amide bonds. The summed E-state index contributed by atoms with van der Waals surface area (Å²) in [5.74, 6) is -1.70. The average molecular weight is 360 g/mol. The molecule has 0 aromatic rings. The van der Waals surface area contributed by atoms with E-state index in [1.165, 1.54) is 34.0 Å². The minimum absolute atomic E-state index is 0.108. The summed E-state index contributed by atoms with van der Waals surface area (Å²) >= 11 is 0. The number of hydrogen-bond donors (Lipinski definition) is 0. The highest BCUT2D eigenvalue weighted by atomic mass is 16.7. The molecule has 0 saturated carbocycles. The molecule has 1 saturated heterocycles. The monoisotopic (exact) mass is 360 g/mol. The molecule has 0 bridgehead atoms. The van der Waals surface area contributed by atoms with Crippen molar-refractivity contribution in [1.29, 1.82) is 0 Å². The first-order valence-electron chi connectivity index (χ1n) is 7.68. The molecule has 0 spiro atoms. The highest BCUT2D eigenvalue weighted by Crippen LogP contribution is 2.29. The Bertz CT molecular complexity index is 490. The molecule has 1 fully saturated rings. The Morgan fingerprint density at radius 1 is 1.00 bits per heavy atom. The van der Waals surface area contributed by atoms with Crippen LogP contribution in [0.4, 0.5) is 0 Å². The molecule has 9 heteroatoms. The van der Waals surface area contributed by atoms with Crippen LogP contribution < -0.4 is 0 Å². The van der Waals surface area contributed by atoms with Crippen molar-refractivity contribution >= 4 is 17.9 Å². The van der Waals surface area contributed by atoms with Crippen LogP contribution in [-0.2, 0) is 42.8 Å². The predicted octanol–water partition coefficient (Wildman–Crippen LogP) is 0.355. The molecule has 0 aromatic carbocycles. The van der Waals surface area contributed by atoms with Gasteiger partial charge in [0, 0.05) is 27.9 Å². The Morgan fingerprint density at radius 2 is 1.60 bits per heavy atom. The van der Waals surface area contributed by atoms with E-state index in [4.69, 9.17) is 28.4 Å². The normalized spacial score (nSPS) is 28.7. The van der Waals surface area contributed by atoms with Crippen LogP contribution in [0, 0.1) is 0 Å². The van der Waals surface area contributed by atoms with Crippen LogP contribution >= 0.6 is 0 Å². The van der Waals surface area contributed by atoms with E-state index in [0.717, 1.165) is 0 Å². The van der Waals surface area contributed by atoms with Crippen molar-refractivity contribution in [3.05, 3.63) is 12.7 Å². The summed E-state index contributed by atoms with van der Waals surface area (Å²) in [6, 6.07) is 0. The summed E-state index contributed by atoms with van der Waals surface area (Å²) in [4.78, 5) is 34.0. The first kappa shape index (κ1) is 21.1. The van der Waals surface area contributed by atoms with Crippen LogP contribution in [-0.4, -0.2) is 68.9 Å². The molecule has 5 atom stereocenters. The van der Waals surface area contributed by atoms with Crippen LogP contribution in [0.5, 0.6) is 0 Å². The molecule has 0 radical (unpaired) electrons. The molecule has 25 heavy (non-hydrogen) atoms. The summed E-state index contributed by atoms with van der Waals surface area (Å²) in [6.45, 7) is 7.17. The van der Waals surface area contributed by atoms with Crippen molar-refractivity contribution in [2.45, 2.75) is 51.5 Å². The lowest BCUT2D eigenvalue weighted by atomic mass is 9.98. The van der Waals surface area contributed by atoms with Gasteiger partial charge in [-0.05, 0) is 0 Å². The van der Waals surface area contributed by atoms with Crippen LogP contribution in [0.1, 0.15) is 20.8 Å². The Balaban J connectivity index is 3.13. The summed E-state index contributed by atoms with van der Waals surface area (Å²) in [6.07, 6.45) is -3.22. The highest BCUT2D eigenvalue weighted by molar-refractivity contribution is 5.67. The van der Waals surface area contributed by atoms with Gasteiger partial charge < -0.3 is 28.4 Å². The zero-order chi connectivity index (χ0) is 19.0. The standard InChI is InChI=1S/C16H24O9/c1-6-7-21-14-13(23-10(3)18)12(8-22-9(2)17)25-16(20-5)15(14)24-11(4)19/h6,12-16H,1,7-8H2,2-5H3/t12-,13-,14+,15+,16-/m1/s1. The fourth-order valence-corrected chi connectivity index (χ4v) is 2.42. The van der Waals surface area contributed by atoms with Gasteiger partial charge in [-0.2, -0.15) is 0 Å². The number of carbonyl (C=O) groups excluding carboxylic acids is 3. The number of ether oxygens (including phenoxy) is 6. The van der Waals surface area contributed by atoms with E-state index in [2.05, 4.69) is 6.58 Å². The number of rotatable bonds is 8. The SMILES string of the molecule is C=CCO[C@@H]1[C@H](OC(C)=O)[C@H](OC)O[C@H](COC(C)=O)[C@H]1OC(C)=O. The zero-order valence-corrected chi connectivity index (χ0v) is 14.8. The summed E-state index contributed by atoms with van der Waals surface area (Å²) < 4.78 is 32.0. The lowest BCUT2D eigenvalue weighted by Gasteiger charge is -2.44. The largest absolute Gasteiger partial charge is 0.463 e. The maximum Gasteiger partial charge on any atom is 0.303 e. The molecule has 1 aliphatic rings. The Kier molecular flexibility index (Phi) is 8.53. The van der Waals surface area contributed by atoms with E-state index in [1.54, 1.807) is 0 Å². The summed E-state index contributed by atoms with van der Waals surface area (Å²) in [5.41, 5.74) is 0. The maximum atomic E-state index is 11.5. The molecule has 0 unspecified atom stereocenters. The van der Waals surface area contributed by atoms with E-state index >= 15 is 0 Å². The molecule has 0 aromatic heterocycles. The highest BCUT2D eigenvalue weighted by Gasteiger charge is 2.51. The van der Waals surface area contributed by atoms with Gasteiger partial charge in [0.15, 0.2) is 18.5 Å². The fourth-order valence-electron chi connectivity index (χ4n) is 2.42. The average Bonchev–Trinajstić information content (AvgIpc) is 2.52.